The Bertz CT molecular complexity index is 925. The van der Waals surface area contributed by atoms with E-state index >= 15 is 0 Å². The van der Waals surface area contributed by atoms with Crippen molar-refractivity contribution in [3.8, 4) is 0 Å². The Kier molecular flexibility index (Phi) is 13.4. The van der Waals surface area contributed by atoms with Gasteiger partial charge >= 0.3 is 5.97 Å². The predicted octanol–water partition coefficient (Wildman–Crippen LogP) is 5.90. The number of unbranched alkanes of at least 4 members (excludes halogenated alkanes) is 1. The molecule has 9 heteroatoms. The molecule has 0 saturated carbocycles. The number of benzene rings is 1. The van der Waals surface area contributed by atoms with Crippen LogP contribution in [0.15, 0.2) is 30.3 Å². The predicted molar refractivity (Wildman–Crippen MR) is 151 cm³/mol. The van der Waals surface area contributed by atoms with Crippen molar-refractivity contribution in [3.05, 3.63) is 35.9 Å². The summed E-state index contributed by atoms with van der Waals surface area (Å²) in [5.41, 5.74) is 1.19. The number of nitrogens with zero attached hydrogens (tertiary/aromatic N) is 1. The van der Waals surface area contributed by atoms with Crippen LogP contribution in [0.2, 0.25) is 0 Å². The van der Waals surface area contributed by atoms with Crippen molar-refractivity contribution in [1.29, 1.82) is 0 Å². The number of carboxylic acids is 1. The van der Waals surface area contributed by atoms with E-state index in [1.165, 1.54) is 10.5 Å². The van der Waals surface area contributed by atoms with Crippen LogP contribution < -0.4 is 0 Å². The molecule has 1 aliphatic heterocycles. The van der Waals surface area contributed by atoms with Gasteiger partial charge in [-0.15, -0.1) is 0 Å². The Morgan fingerprint density at radius 3 is 2.46 bits per heavy atom. The van der Waals surface area contributed by atoms with Crippen molar-refractivity contribution in [2.24, 2.45) is 5.92 Å². The molecule has 0 aliphatic carbocycles. The largest absolute Gasteiger partial charge is 0.480 e. The number of carbonyl (C=O) groups excluding carboxylic acids is 2. The minimum Gasteiger partial charge on any atom is -0.480 e. The zero-order valence-corrected chi connectivity index (χ0v) is 24.5. The highest BCUT2D eigenvalue weighted by Crippen LogP contribution is 2.51. The van der Waals surface area contributed by atoms with Gasteiger partial charge in [-0.05, 0) is 49.3 Å². The number of ketones is 1. The second-order valence-electron chi connectivity index (χ2n) is 10.3. The molecule has 0 radical (unpaired) electrons. The summed E-state index contributed by atoms with van der Waals surface area (Å²) in [4.78, 5) is 38.9. The van der Waals surface area contributed by atoms with Crippen LogP contribution in [-0.2, 0) is 29.9 Å². The minimum atomic E-state index is -3.47. The number of Topliss-reactive ketones (excluding diaryl/α,β-unsaturated/α-hetero) is 1. The van der Waals surface area contributed by atoms with Gasteiger partial charge in [0.05, 0.1) is 6.10 Å². The lowest BCUT2D eigenvalue weighted by Gasteiger charge is -2.29. The molecule has 1 saturated heterocycles. The minimum absolute atomic E-state index is 0.0296. The molecule has 0 bridgehead atoms. The third-order valence-electron chi connectivity index (χ3n) is 6.75. The van der Waals surface area contributed by atoms with Gasteiger partial charge in [-0.2, -0.15) is 11.8 Å². The maximum atomic E-state index is 14.2. The van der Waals surface area contributed by atoms with Gasteiger partial charge < -0.3 is 14.5 Å². The van der Waals surface area contributed by atoms with Crippen LogP contribution in [0.5, 0.6) is 0 Å². The fourth-order valence-corrected chi connectivity index (χ4v) is 8.12. The summed E-state index contributed by atoms with van der Waals surface area (Å²) in [5.74, 6) is -0.565. The lowest BCUT2D eigenvalue weighted by Crippen LogP contribution is -2.42. The Balaban J connectivity index is 2.16. The lowest BCUT2D eigenvalue weighted by atomic mass is 10.0. The highest BCUT2D eigenvalue weighted by atomic mass is 32.2. The van der Waals surface area contributed by atoms with Gasteiger partial charge in [0.15, 0.2) is 0 Å². The number of aliphatic carboxylic acids is 1. The number of rotatable bonds is 17. The molecule has 1 unspecified atom stereocenters. The molecular formula is C28H44NO6PS. The average molecular weight is 554 g/mol. The molecule has 208 valence electrons. The van der Waals surface area contributed by atoms with Gasteiger partial charge in [-0.3, -0.25) is 14.2 Å². The van der Waals surface area contributed by atoms with E-state index in [2.05, 4.69) is 19.1 Å². The third-order valence-corrected chi connectivity index (χ3v) is 10.6. The number of hydrogen-bond acceptors (Lipinski definition) is 6. The summed E-state index contributed by atoms with van der Waals surface area (Å²) in [6, 6.07) is 9.14. The van der Waals surface area contributed by atoms with Gasteiger partial charge in [0, 0.05) is 30.8 Å². The van der Waals surface area contributed by atoms with Crippen LogP contribution in [0.3, 0.4) is 0 Å². The summed E-state index contributed by atoms with van der Waals surface area (Å²) >= 11 is 1.69. The van der Waals surface area contributed by atoms with Gasteiger partial charge in [0.25, 0.3) is 0 Å². The molecule has 4 atom stereocenters. The summed E-state index contributed by atoms with van der Waals surface area (Å²) in [7, 11) is -3.47. The first-order valence-electron chi connectivity index (χ1n) is 13.5. The number of aryl methyl sites for hydroxylation is 1. The first kappa shape index (κ1) is 31.6. The van der Waals surface area contributed by atoms with Crippen LogP contribution in [-0.4, -0.2) is 69.7 Å². The summed E-state index contributed by atoms with van der Waals surface area (Å²) in [5, 5.41) is 9.82. The maximum absolute atomic E-state index is 14.2. The molecule has 0 aromatic heterocycles. The molecule has 1 aliphatic rings. The quantitative estimate of drug-likeness (QED) is 0.189. The number of thioether (sulfide) groups is 1. The summed E-state index contributed by atoms with van der Waals surface area (Å²) in [6.45, 7) is 8.05. The lowest BCUT2D eigenvalue weighted by molar-refractivity contribution is -0.147. The van der Waals surface area contributed by atoms with Crippen molar-refractivity contribution >= 4 is 36.8 Å². The third kappa shape index (κ3) is 10.6. The SMILES string of the molecule is CCCS[C@@H]1C[C@@H](C(=O)O)N(C(=O)CP(=O)(CCCCc2ccccc2)O[C@@H](CC(=O)CC)C(C)C)C1. The maximum Gasteiger partial charge on any atom is 0.326 e. The van der Waals surface area contributed by atoms with E-state index in [0.717, 1.165) is 25.0 Å². The highest BCUT2D eigenvalue weighted by molar-refractivity contribution is 7.99. The zero-order valence-electron chi connectivity index (χ0n) is 22.8. The van der Waals surface area contributed by atoms with E-state index < -0.39 is 31.4 Å². The molecular weight excluding hydrogens is 509 g/mol. The first-order valence-corrected chi connectivity index (χ1v) is 16.6. The molecule has 1 amide bonds. The van der Waals surface area contributed by atoms with Gasteiger partial charge in [-0.1, -0.05) is 58.0 Å². The van der Waals surface area contributed by atoms with Crippen molar-refractivity contribution in [1.82, 2.24) is 4.90 Å². The molecule has 1 N–H and O–H groups in total. The zero-order chi connectivity index (χ0) is 27.4. The Morgan fingerprint density at radius 2 is 1.86 bits per heavy atom. The summed E-state index contributed by atoms with van der Waals surface area (Å²) in [6.07, 6.45) is 3.52. The van der Waals surface area contributed by atoms with E-state index in [9.17, 15) is 24.1 Å². The number of carboxylic acid groups (broad SMARTS) is 1. The second-order valence-corrected chi connectivity index (χ2v) is 14.3. The highest BCUT2D eigenvalue weighted by Gasteiger charge is 2.42. The standard InChI is InChI=1S/C28H44NO6PS/c1-5-16-37-24-18-25(28(32)33)29(19-24)27(31)20-36(34,35-26(21(3)4)17-23(30)6-2)15-11-10-14-22-12-8-7-9-13-22/h7-9,12-13,21,24-26H,5-6,10-11,14-20H2,1-4H3,(H,32,33)/t24-,25+,26+,36?/m1/s1. The monoisotopic (exact) mass is 553 g/mol. The first-order chi connectivity index (χ1) is 17.6. The molecule has 2 rings (SSSR count). The molecule has 7 nitrogen and oxygen atoms in total. The van der Waals surface area contributed by atoms with E-state index in [1.54, 1.807) is 18.7 Å². The molecule has 37 heavy (non-hydrogen) atoms. The fourth-order valence-electron chi connectivity index (χ4n) is 4.52. The van der Waals surface area contributed by atoms with E-state index in [4.69, 9.17) is 4.52 Å². The normalized spacial score (nSPS) is 20.1. The van der Waals surface area contributed by atoms with Crippen LogP contribution in [0, 0.1) is 5.92 Å². The second kappa shape index (κ2) is 15.7. The van der Waals surface area contributed by atoms with Crippen LogP contribution in [0.1, 0.15) is 71.8 Å². The fraction of sp³-hybridized carbons (Fsp3) is 0.679. The van der Waals surface area contributed by atoms with Crippen LogP contribution >= 0.6 is 19.1 Å². The Labute approximate surface area is 226 Å². The van der Waals surface area contributed by atoms with Crippen molar-refractivity contribution in [3.63, 3.8) is 0 Å². The molecule has 0 spiro atoms. The number of amides is 1. The van der Waals surface area contributed by atoms with E-state index in [1.807, 2.05) is 32.0 Å². The van der Waals surface area contributed by atoms with Gasteiger partial charge in [0.1, 0.15) is 18.0 Å². The van der Waals surface area contributed by atoms with Crippen LogP contribution in [0.4, 0.5) is 0 Å². The van der Waals surface area contributed by atoms with Gasteiger partial charge in [-0.25, -0.2) is 4.79 Å². The Hall–Kier alpha value is -1.63. The topological polar surface area (TPSA) is 101 Å². The Morgan fingerprint density at radius 1 is 1.16 bits per heavy atom. The average Bonchev–Trinajstić information content (AvgIpc) is 3.30. The number of likely N-dealkylation sites (tertiary alicyclic amines) is 1. The molecule has 1 aromatic rings. The van der Waals surface area contributed by atoms with Crippen LogP contribution in [0.25, 0.3) is 0 Å². The summed E-state index contributed by atoms with van der Waals surface area (Å²) < 4.78 is 20.3. The molecule has 1 heterocycles. The van der Waals surface area contributed by atoms with E-state index in [-0.39, 0.29) is 35.7 Å². The number of carbonyl (C=O) groups is 3. The molecule has 1 aromatic carbocycles. The van der Waals surface area contributed by atoms with Crippen molar-refractivity contribution in [2.45, 2.75) is 90.0 Å². The smallest absolute Gasteiger partial charge is 0.326 e. The molecule has 1 fully saturated rings. The number of hydrogen-bond donors (Lipinski definition) is 1. The van der Waals surface area contributed by atoms with Gasteiger partial charge in [0.2, 0.25) is 13.3 Å². The van der Waals surface area contributed by atoms with Crippen molar-refractivity contribution in [2.75, 3.05) is 24.6 Å². The van der Waals surface area contributed by atoms with Crippen molar-refractivity contribution < 1.29 is 28.6 Å². The van der Waals surface area contributed by atoms with E-state index in [0.29, 0.717) is 25.8 Å².